The third kappa shape index (κ3) is 4.47. The first-order valence-corrected chi connectivity index (χ1v) is 8.36. The van der Waals surface area contributed by atoms with Gasteiger partial charge in [0.1, 0.15) is 0 Å². The van der Waals surface area contributed by atoms with Crippen molar-refractivity contribution in [2.75, 3.05) is 13.2 Å². The van der Waals surface area contributed by atoms with Gasteiger partial charge in [0.2, 0.25) is 0 Å². The molecule has 130 valence electrons. The van der Waals surface area contributed by atoms with Crippen LogP contribution in [0.15, 0.2) is 6.20 Å². The van der Waals surface area contributed by atoms with Gasteiger partial charge in [0.25, 0.3) is 0 Å². The zero-order valence-corrected chi connectivity index (χ0v) is 15.2. The monoisotopic (exact) mass is 322 g/mol. The Morgan fingerprint density at radius 3 is 2.74 bits per heavy atom. The van der Waals surface area contributed by atoms with Crippen LogP contribution in [-0.4, -0.2) is 34.6 Å². The number of nitrogens with zero attached hydrogens (tertiary/aromatic N) is 2. The molecule has 6 nitrogen and oxygen atoms in total. The lowest BCUT2D eigenvalue weighted by molar-refractivity contribution is 0.0228. The average molecular weight is 322 g/mol. The highest BCUT2D eigenvalue weighted by Crippen LogP contribution is 2.24. The van der Waals surface area contributed by atoms with Crippen molar-refractivity contribution in [1.82, 2.24) is 20.4 Å². The fourth-order valence-corrected chi connectivity index (χ4v) is 2.81. The maximum absolute atomic E-state index is 12.1. The number of carbonyl (C=O) groups excluding carboxylic acids is 1. The summed E-state index contributed by atoms with van der Waals surface area (Å²) < 4.78 is 7.63. The van der Waals surface area contributed by atoms with Crippen LogP contribution in [0.1, 0.15) is 64.8 Å². The summed E-state index contributed by atoms with van der Waals surface area (Å²) in [6, 6.07) is -0.263. The van der Waals surface area contributed by atoms with E-state index in [1.165, 1.54) is 0 Å². The second-order valence-electron chi connectivity index (χ2n) is 7.74. The van der Waals surface area contributed by atoms with Gasteiger partial charge in [-0.25, -0.2) is 4.79 Å². The smallest absolute Gasteiger partial charge is 0.315 e. The number of urea groups is 1. The van der Waals surface area contributed by atoms with Gasteiger partial charge in [0, 0.05) is 24.9 Å². The molecule has 1 aromatic rings. The molecule has 2 N–H and O–H groups in total. The van der Waals surface area contributed by atoms with E-state index in [2.05, 4.69) is 36.5 Å². The van der Waals surface area contributed by atoms with E-state index in [1.807, 2.05) is 31.6 Å². The van der Waals surface area contributed by atoms with E-state index in [1.54, 1.807) is 0 Å². The summed E-state index contributed by atoms with van der Waals surface area (Å²) >= 11 is 0. The minimum atomic E-state index is -0.229. The van der Waals surface area contributed by atoms with E-state index >= 15 is 0 Å². The number of hydrogen-bond acceptors (Lipinski definition) is 3. The van der Waals surface area contributed by atoms with Gasteiger partial charge in [-0.3, -0.25) is 4.68 Å². The fourth-order valence-electron chi connectivity index (χ4n) is 2.81. The van der Waals surface area contributed by atoms with E-state index in [4.69, 9.17) is 4.74 Å². The second-order valence-corrected chi connectivity index (χ2v) is 7.74. The van der Waals surface area contributed by atoms with Crippen molar-refractivity contribution in [3.05, 3.63) is 17.5 Å². The van der Waals surface area contributed by atoms with Gasteiger partial charge < -0.3 is 15.4 Å². The highest BCUT2D eigenvalue weighted by atomic mass is 16.5. The summed E-state index contributed by atoms with van der Waals surface area (Å²) in [5.74, 6) is 0. The maximum Gasteiger partial charge on any atom is 0.315 e. The van der Waals surface area contributed by atoms with Gasteiger partial charge in [-0.15, -0.1) is 0 Å². The molecule has 0 radical (unpaired) electrons. The molecule has 0 bridgehead atoms. The molecule has 6 heteroatoms. The Kier molecular flexibility index (Phi) is 5.04. The normalized spacial score (nSPS) is 22.9. The number of rotatable bonds is 4. The topological polar surface area (TPSA) is 68.2 Å². The molecule has 0 unspecified atom stereocenters. The summed E-state index contributed by atoms with van der Waals surface area (Å²) in [7, 11) is 0. The van der Waals surface area contributed by atoms with E-state index in [0.717, 1.165) is 30.7 Å². The molecule has 1 aliphatic rings. The van der Waals surface area contributed by atoms with Crippen molar-refractivity contribution in [2.45, 2.75) is 71.6 Å². The number of amides is 2. The lowest BCUT2D eigenvalue weighted by Crippen LogP contribution is -2.45. The van der Waals surface area contributed by atoms with Gasteiger partial charge in [-0.1, -0.05) is 0 Å². The summed E-state index contributed by atoms with van der Waals surface area (Å²) in [4.78, 5) is 12.1. The number of carbonyl (C=O) groups is 1. The first-order chi connectivity index (χ1) is 10.6. The van der Waals surface area contributed by atoms with Crippen molar-refractivity contribution in [3.8, 4) is 0 Å². The Labute approximate surface area is 139 Å². The van der Waals surface area contributed by atoms with Crippen LogP contribution in [0.4, 0.5) is 4.79 Å². The molecule has 1 aromatic heterocycles. The van der Waals surface area contributed by atoms with Gasteiger partial charge in [0.15, 0.2) is 0 Å². The number of nitrogens with one attached hydrogen (secondary N) is 2. The van der Waals surface area contributed by atoms with Crippen LogP contribution in [0, 0.1) is 6.92 Å². The SMILES string of the molecule is Cc1nn(C(C)(C)C)cc1[C@H](C)NC(=O)NC[C@]1(C)CCCO1. The molecular formula is C17H30N4O2. The van der Waals surface area contributed by atoms with Crippen molar-refractivity contribution in [2.24, 2.45) is 0 Å². The van der Waals surface area contributed by atoms with Crippen molar-refractivity contribution in [1.29, 1.82) is 0 Å². The van der Waals surface area contributed by atoms with Crippen LogP contribution in [0.3, 0.4) is 0 Å². The van der Waals surface area contributed by atoms with E-state index in [9.17, 15) is 4.79 Å². The molecule has 0 saturated carbocycles. The minimum Gasteiger partial charge on any atom is -0.373 e. The van der Waals surface area contributed by atoms with Crippen LogP contribution in [-0.2, 0) is 10.3 Å². The highest BCUT2D eigenvalue weighted by molar-refractivity contribution is 5.74. The van der Waals surface area contributed by atoms with E-state index in [0.29, 0.717) is 6.54 Å². The van der Waals surface area contributed by atoms with Gasteiger partial charge in [-0.05, 0) is 54.4 Å². The highest BCUT2D eigenvalue weighted by Gasteiger charge is 2.30. The molecule has 2 rings (SSSR count). The third-order valence-electron chi connectivity index (χ3n) is 4.36. The van der Waals surface area contributed by atoms with Gasteiger partial charge >= 0.3 is 6.03 Å². The van der Waals surface area contributed by atoms with Crippen LogP contribution in [0.25, 0.3) is 0 Å². The van der Waals surface area contributed by atoms with Crippen molar-refractivity contribution >= 4 is 6.03 Å². The largest absolute Gasteiger partial charge is 0.373 e. The Bertz CT molecular complexity index is 553. The number of hydrogen-bond donors (Lipinski definition) is 2. The lowest BCUT2D eigenvalue weighted by atomic mass is 10.0. The molecule has 0 spiro atoms. The predicted molar refractivity (Wildman–Crippen MR) is 90.5 cm³/mol. The molecule has 0 aliphatic carbocycles. The molecule has 1 fully saturated rings. The van der Waals surface area contributed by atoms with Crippen molar-refractivity contribution < 1.29 is 9.53 Å². The molecule has 0 aromatic carbocycles. The first kappa shape index (κ1) is 17.8. The Morgan fingerprint density at radius 1 is 1.52 bits per heavy atom. The summed E-state index contributed by atoms with van der Waals surface area (Å²) in [6.07, 6.45) is 4.06. The summed E-state index contributed by atoms with van der Waals surface area (Å²) in [5, 5.41) is 10.5. The van der Waals surface area contributed by atoms with E-state index in [-0.39, 0.29) is 23.2 Å². The molecule has 1 saturated heterocycles. The van der Waals surface area contributed by atoms with Crippen LogP contribution >= 0.6 is 0 Å². The maximum atomic E-state index is 12.1. The Hall–Kier alpha value is -1.56. The molecule has 2 atom stereocenters. The lowest BCUT2D eigenvalue weighted by Gasteiger charge is -2.24. The fraction of sp³-hybridized carbons (Fsp3) is 0.765. The number of ether oxygens (including phenoxy) is 1. The zero-order valence-electron chi connectivity index (χ0n) is 15.2. The minimum absolute atomic E-state index is 0.0700. The summed E-state index contributed by atoms with van der Waals surface area (Å²) in [5.41, 5.74) is 1.68. The molecule has 2 amide bonds. The average Bonchev–Trinajstić information content (AvgIpc) is 3.03. The number of aryl methyl sites for hydroxylation is 1. The Balaban J connectivity index is 1.92. The van der Waals surface area contributed by atoms with Crippen molar-refractivity contribution in [3.63, 3.8) is 0 Å². The van der Waals surface area contributed by atoms with Gasteiger partial charge in [0.05, 0.1) is 22.9 Å². The molecule has 2 heterocycles. The predicted octanol–water partition coefficient (Wildman–Crippen LogP) is 2.88. The Morgan fingerprint density at radius 2 is 2.22 bits per heavy atom. The van der Waals surface area contributed by atoms with Gasteiger partial charge in [-0.2, -0.15) is 5.10 Å². The van der Waals surface area contributed by atoms with E-state index < -0.39 is 0 Å². The summed E-state index contributed by atoms with van der Waals surface area (Å²) in [6.45, 7) is 13.6. The number of aromatic nitrogens is 2. The second kappa shape index (κ2) is 6.51. The third-order valence-corrected chi connectivity index (χ3v) is 4.36. The zero-order chi connectivity index (χ0) is 17.3. The standard InChI is InChI=1S/C17H30N4O2/c1-12(14-10-21(16(3,4)5)20-13(14)2)19-15(22)18-11-17(6)8-7-9-23-17/h10,12H,7-9,11H2,1-6H3,(H2,18,19,22)/t12-,17-/m0/s1. The first-order valence-electron chi connectivity index (χ1n) is 8.36. The van der Waals surface area contributed by atoms with Crippen LogP contribution < -0.4 is 10.6 Å². The van der Waals surface area contributed by atoms with Crippen LogP contribution in [0.2, 0.25) is 0 Å². The molecule has 23 heavy (non-hydrogen) atoms. The van der Waals surface area contributed by atoms with Crippen LogP contribution in [0.5, 0.6) is 0 Å². The quantitative estimate of drug-likeness (QED) is 0.895. The molecule has 1 aliphatic heterocycles. The molecular weight excluding hydrogens is 292 g/mol.